The van der Waals surface area contributed by atoms with Gasteiger partial charge in [0.1, 0.15) is 0 Å². The van der Waals surface area contributed by atoms with Crippen LogP contribution in [0.2, 0.25) is 0 Å². The zero-order valence-electron chi connectivity index (χ0n) is 14.2. The lowest BCUT2D eigenvalue weighted by atomic mass is 10.0. The highest BCUT2D eigenvalue weighted by molar-refractivity contribution is 5.89. The first-order valence-corrected chi connectivity index (χ1v) is 8.38. The van der Waals surface area contributed by atoms with E-state index in [2.05, 4.69) is 21.6 Å². The second-order valence-corrected chi connectivity index (χ2v) is 6.26. The number of nitrogens with two attached hydrogens (primary N) is 1. The fourth-order valence-electron chi connectivity index (χ4n) is 3.06. The van der Waals surface area contributed by atoms with Crippen molar-refractivity contribution in [3.05, 3.63) is 60.2 Å². The van der Waals surface area contributed by atoms with Crippen LogP contribution in [0.1, 0.15) is 18.4 Å². The molecule has 2 aromatic rings. The van der Waals surface area contributed by atoms with Crippen molar-refractivity contribution >= 4 is 29.8 Å². The van der Waals surface area contributed by atoms with Crippen LogP contribution in [0.4, 0.5) is 16.2 Å². The number of hydrogen-bond donors (Lipinski definition) is 3. The summed E-state index contributed by atoms with van der Waals surface area (Å²) in [5.74, 6) is 0. The van der Waals surface area contributed by atoms with E-state index in [1.807, 2.05) is 48.5 Å². The SMILES string of the molecule is Cl.Nc1cccc(CN2CCC(NC(=O)Nc3ccccc3)CC2)c1. The van der Waals surface area contributed by atoms with Crippen LogP contribution >= 0.6 is 12.4 Å². The minimum atomic E-state index is -0.129. The van der Waals surface area contributed by atoms with Gasteiger partial charge in [0.05, 0.1) is 0 Å². The molecule has 1 aliphatic heterocycles. The van der Waals surface area contributed by atoms with Crippen LogP contribution in [0, 0.1) is 0 Å². The highest BCUT2D eigenvalue weighted by Gasteiger charge is 2.20. The summed E-state index contributed by atoms with van der Waals surface area (Å²) in [7, 11) is 0. The molecule has 3 rings (SSSR count). The van der Waals surface area contributed by atoms with Crippen molar-refractivity contribution in [2.45, 2.75) is 25.4 Å². The lowest BCUT2D eigenvalue weighted by Crippen LogP contribution is -2.45. The standard InChI is InChI=1S/C19H24N4O.ClH/c20-16-6-4-5-15(13-16)14-23-11-9-18(10-12-23)22-19(24)21-17-7-2-1-3-8-17;/h1-8,13,18H,9-12,14,20H2,(H2,21,22,24);1H. The normalized spacial score (nSPS) is 15.2. The number of hydrogen-bond acceptors (Lipinski definition) is 3. The molecule has 5 nitrogen and oxygen atoms in total. The summed E-state index contributed by atoms with van der Waals surface area (Å²) in [4.78, 5) is 14.4. The van der Waals surface area contributed by atoms with E-state index >= 15 is 0 Å². The maximum absolute atomic E-state index is 12.0. The first-order valence-electron chi connectivity index (χ1n) is 8.38. The Kier molecular flexibility index (Phi) is 7.10. The second-order valence-electron chi connectivity index (χ2n) is 6.26. The molecule has 0 aromatic heterocycles. The highest BCUT2D eigenvalue weighted by atomic mass is 35.5. The van der Waals surface area contributed by atoms with Crippen LogP contribution in [0.15, 0.2) is 54.6 Å². The molecule has 0 radical (unpaired) electrons. The maximum Gasteiger partial charge on any atom is 0.319 e. The van der Waals surface area contributed by atoms with Gasteiger partial charge in [0, 0.05) is 37.1 Å². The molecule has 2 amide bonds. The molecule has 0 atom stereocenters. The van der Waals surface area contributed by atoms with E-state index in [4.69, 9.17) is 5.73 Å². The summed E-state index contributed by atoms with van der Waals surface area (Å²) in [6, 6.07) is 17.6. The Morgan fingerprint density at radius 3 is 2.48 bits per heavy atom. The summed E-state index contributed by atoms with van der Waals surface area (Å²) in [6.45, 7) is 2.87. The third-order valence-electron chi connectivity index (χ3n) is 4.31. The minimum Gasteiger partial charge on any atom is -0.399 e. The first-order chi connectivity index (χ1) is 11.7. The largest absolute Gasteiger partial charge is 0.399 e. The van der Waals surface area contributed by atoms with E-state index in [1.54, 1.807) is 0 Å². The van der Waals surface area contributed by atoms with Crippen LogP contribution in [0.3, 0.4) is 0 Å². The quantitative estimate of drug-likeness (QED) is 0.731. The Balaban J connectivity index is 0.00000225. The van der Waals surface area contributed by atoms with Gasteiger partial charge in [0.15, 0.2) is 0 Å². The molecule has 1 heterocycles. The van der Waals surface area contributed by atoms with Crippen molar-refractivity contribution in [3.8, 4) is 0 Å². The van der Waals surface area contributed by atoms with Gasteiger partial charge in [-0.1, -0.05) is 30.3 Å². The number of halogens is 1. The molecular weight excluding hydrogens is 336 g/mol. The molecule has 134 valence electrons. The molecule has 1 saturated heterocycles. The number of carbonyl (C=O) groups excluding carboxylic acids is 1. The average Bonchev–Trinajstić information content (AvgIpc) is 2.57. The summed E-state index contributed by atoms with van der Waals surface area (Å²) in [6.07, 6.45) is 1.93. The van der Waals surface area contributed by atoms with Gasteiger partial charge >= 0.3 is 6.03 Å². The molecular formula is C19H25ClN4O. The van der Waals surface area contributed by atoms with Crippen molar-refractivity contribution < 1.29 is 4.79 Å². The van der Waals surface area contributed by atoms with Gasteiger partial charge in [0.25, 0.3) is 0 Å². The topological polar surface area (TPSA) is 70.4 Å². The zero-order chi connectivity index (χ0) is 16.8. The summed E-state index contributed by atoms with van der Waals surface area (Å²) < 4.78 is 0. The predicted octanol–water partition coefficient (Wildman–Crippen LogP) is 3.48. The van der Waals surface area contributed by atoms with Crippen molar-refractivity contribution in [1.29, 1.82) is 0 Å². The van der Waals surface area contributed by atoms with Gasteiger partial charge < -0.3 is 16.4 Å². The van der Waals surface area contributed by atoms with E-state index in [9.17, 15) is 4.79 Å². The van der Waals surface area contributed by atoms with Gasteiger partial charge in [0.2, 0.25) is 0 Å². The minimum absolute atomic E-state index is 0. The number of rotatable bonds is 4. The van der Waals surface area contributed by atoms with Gasteiger partial charge in [-0.3, -0.25) is 4.90 Å². The Morgan fingerprint density at radius 2 is 1.80 bits per heavy atom. The predicted molar refractivity (Wildman–Crippen MR) is 105 cm³/mol. The molecule has 0 bridgehead atoms. The molecule has 25 heavy (non-hydrogen) atoms. The van der Waals surface area contributed by atoms with Crippen molar-refractivity contribution in [1.82, 2.24) is 10.2 Å². The van der Waals surface area contributed by atoms with E-state index in [0.29, 0.717) is 0 Å². The van der Waals surface area contributed by atoms with E-state index < -0.39 is 0 Å². The van der Waals surface area contributed by atoms with Crippen LogP contribution < -0.4 is 16.4 Å². The summed E-state index contributed by atoms with van der Waals surface area (Å²) in [5, 5.41) is 5.93. The second kappa shape index (κ2) is 9.30. The Bertz CT molecular complexity index is 672. The number of urea groups is 1. The Hall–Kier alpha value is -2.24. The van der Waals surface area contributed by atoms with Gasteiger partial charge in [-0.15, -0.1) is 12.4 Å². The molecule has 0 saturated carbocycles. The average molecular weight is 361 g/mol. The highest BCUT2D eigenvalue weighted by Crippen LogP contribution is 2.15. The lowest BCUT2D eigenvalue weighted by molar-refractivity contribution is 0.190. The van der Waals surface area contributed by atoms with E-state index in [-0.39, 0.29) is 24.5 Å². The Morgan fingerprint density at radius 1 is 1.08 bits per heavy atom. The van der Waals surface area contributed by atoms with Gasteiger partial charge in [-0.25, -0.2) is 4.79 Å². The molecule has 1 fully saturated rings. The molecule has 0 aliphatic carbocycles. The van der Waals surface area contributed by atoms with Gasteiger partial charge in [-0.2, -0.15) is 0 Å². The monoisotopic (exact) mass is 360 g/mol. The van der Waals surface area contributed by atoms with Crippen LogP contribution in [-0.4, -0.2) is 30.1 Å². The number of nitrogens with zero attached hydrogens (tertiary/aromatic N) is 1. The summed E-state index contributed by atoms with van der Waals surface area (Å²) in [5.41, 5.74) is 8.69. The number of anilines is 2. The smallest absolute Gasteiger partial charge is 0.319 e. The number of amides is 2. The molecule has 1 aliphatic rings. The third-order valence-corrected chi connectivity index (χ3v) is 4.31. The zero-order valence-corrected chi connectivity index (χ0v) is 15.0. The van der Waals surface area contributed by atoms with E-state index in [1.165, 1.54) is 5.56 Å². The number of nitrogens with one attached hydrogen (secondary N) is 2. The van der Waals surface area contributed by atoms with Crippen LogP contribution in [0.25, 0.3) is 0 Å². The molecule has 4 N–H and O–H groups in total. The van der Waals surface area contributed by atoms with Crippen molar-refractivity contribution in [2.75, 3.05) is 24.1 Å². The number of piperidine rings is 1. The number of para-hydroxylation sites is 1. The number of carbonyl (C=O) groups is 1. The molecule has 0 spiro atoms. The van der Waals surface area contributed by atoms with Crippen LogP contribution in [-0.2, 0) is 6.54 Å². The van der Waals surface area contributed by atoms with Crippen molar-refractivity contribution in [3.63, 3.8) is 0 Å². The number of likely N-dealkylation sites (tertiary alicyclic amines) is 1. The number of nitrogen functional groups attached to an aromatic ring is 1. The first kappa shape index (κ1) is 19.1. The fourth-order valence-corrected chi connectivity index (χ4v) is 3.06. The summed E-state index contributed by atoms with van der Waals surface area (Å²) >= 11 is 0. The van der Waals surface area contributed by atoms with Crippen molar-refractivity contribution in [2.24, 2.45) is 0 Å². The number of benzene rings is 2. The van der Waals surface area contributed by atoms with Gasteiger partial charge in [-0.05, 0) is 42.7 Å². The maximum atomic E-state index is 12.0. The van der Waals surface area contributed by atoms with Crippen LogP contribution in [0.5, 0.6) is 0 Å². The fraction of sp³-hybridized carbons (Fsp3) is 0.316. The molecule has 0 unspecified atom stereocenters. The molecule has 6 heteroatoms. The van der Waals surface area contributed by atoms with E-state index in [0.717, 1.165) is 43.9 Å². The Labute approximate surface area is 155 Å². The molecule has 2 aromatic carbocycles. The lowest BCUT2D eigenvalue weighted by Gasteiger charge is -2.32. The third kappa shape index (κ3) is 5.96.